The van der Waals surface area contributed by atoms with Gasteiger partial charge in [0.2, 0.25) is 0 Å². The molecule has 0 saturated heterocycles. The van der Waals surface area contributed by atoms with Gasteiger partial charge in [-0.25, -0.2) is 4.98 Å². The van der Waals surface area contributed by atoms with Crippen molar-refractivity contribution in [3.63, 3.8) is 0 Å². The minimum Gasteiger partial charge on any atom is -0.390 e. The molecule has 0 aliphatic heterocycles. The third-order valence-corrected chi connectivity index (χ3v) is 2.52. The van der Waals surface area contributed by atoms with Crippen LogP contribution >= 0.6 is 22.9 Å². The normalized spacial score (nSPS) is 11.1. The summed E-state index contributed by atoms with van der Waals surface area (Å²) in [6.07, 6.45) is 1.84. The molecule has 1 N–H and O–H groups in total. The van der Waals surface area contributed by atoms with Gasteiger partial charge in [0.05, 0.1) is 12.3 Å². The van der Waals surface area contributed by atoms with Crippen molar-refractivity contribution >= 4 is 27.9 Å². The monoisotopic (exact) mass is 188 g/mol. The molecule has 0 aliphatic carbocycles. The molecule has 3 nitrogen and oxygen atoms in total. The maximum absolute atomic E-state index is 8.88. The van der Waals surface area contributed by atoms with E-state index in [0.717, 1.165) is 4.96 Å². The highest BCUT2D eigenvalue weighted by Gasteiger charge is 2.08. The molecule has 0 fully saturated rings. The van der Waals surface area contributed by atoms with Crippen LogP contribution in [0.3, 0.4) is 0 Å². The Morgan fingerprint density at radius 3 is 3.27 bits per heavy atom. The van der Waals surface area contributed by atoms with Gasteiger partial charge in [0, 0.05) is 11.6 Å². The van der Waals surface area contributed by atoms with Gasteiger partial charge in [0.25, 0.3) is 0 Å². The number of nitrogens with zero attached hydrogens (tertiary/aromatic N) is 2. The largest absolute Gasteiger partial charge is 0.390 e. The first kappa shape index (κ1) is 7.09. The number of halogens is 1. The van der Waals surface area contributed by atoms with E-state index in [4.69, 9.17) is 16.7 Å². The number of fused-ring (bicyclic) bond motifs is 1. The van der Waals surface area contributed by atoms with Gasteiger partial charge in [-0.2, -0.15) is 0 Å². The molecule has 0 aliphatic rings. The molecule has 0 aromatic carbocycles. The van der Waals surface area contributed by atoms with Crippen molar-refractivity contribution in [2.75, 3.05) is 0 Å². The van der Waals surface area contributed by atoms with E-state index in [1.807, 2.05) is 11.6 Å². The van der Waals surface area contributed by atoms with Gasteiger partial charge >= 0.3 is 0 Å². The number of thiazole rings is 1. The summed E-state index contributed by atoms with van der Waals surface area (Å²) in [6.45, 7) is -0.0727. The highest BCUT2D eigenvalue weighted by Crippen LogP contribution is 2.20. The van der Waals surface area contributed by atoms with Crippen molar-refractivity contribution in [2.24, 2.45) is 0 Å². The molecule has 58 valence electrons. The van der Waals surface area contributed by atoms with Crippen LogP contribution in [0.5, 0.6) is 0 Å². The van der Waals surface area contributed by atoms with E-state index in [9.17, 15) is 0 Å². The van der Waals surface area contributed by atoms with Crippen LogP contribution in [0.4, 0.5) is 0 Å². The van der Waals surface area contributed by atoms with Crippen LogP contribution < -0.4 is 0 Å². The van der Waals surface area contributed by atoms with Crippen molar-refractivity contribution in [1.82, 2.24) is 9.38 Å². The van der Waals surface area contributed by atoms with Gasteiger partial charge in [-0.3, -0.25) is 4.40 Å². The molecule has 0 spiro atoms. The number of aromatic nitrogens is 2. The van der Waals surface area contributed by atoms with E-state index in [0.29, 0.717) is 10.8 Å². The Kier molecular flexibility index (Phi) is 1.60. The zero-order chi connectivity index (χ0) is 7.84. The van der Waals surface area contributed by atoms with Crippen LogP contribution in [0.2, 0.25) is 5.15 Å². The fourth-order valence-corrected chi connectivity index (χ4v) is 1.96. The summed E-state index contributed by atoms with van der Waals surface area (Å²) in [5, 5.41) is 11.2. The summed E-state index contributed by atoms with van der Waals surface area (Å²) in [6, 6.07) is 0. The van der Waals surface area contributed by atoms with E-state index >= 15 is 0 Å². The Bertz CT molecular complexity index is 381. The lowest BCUT2D eigenvalue weighted by atomic mass is 10.5. The highest BCUT2D eigenvalue weighted by atomic mass is 35.5. The van der Waals surface area contributed by atoms with E-state index in [2.05, 4.69) is 4.98 Å². The van der Waals surface area contributed by atoms with Crippen LogP contribution in [-0.2, 0) is 6.61 Å². The van der Waals surface area contributed by atoms with Gasteiger partial charge in [0.1, 0.15) is 0 Å². The number of aliphatic hydroxyl groups is 1. The second-order valence-electron chi connectivity index (χ2n) is 2.06. The second-order valence-corrected chi connectivity index (χ2v) is 3.29. The average molecular weight is 189 g/mol. The molecule has 2 aromatic heterocycles. The lowest BCUT2D eigenvalue weighted by Crippen LogP contribution is -1.88. The van der Waals surface area contributed by atoms with Gasteiger partial charge in [0.15, 0.2) is 10.1 Å². The van der Waals surface area contributed by atoms with E-state index < -0.39 is 0 Å². The Balaban J connectivity index is 2.80. The predicted octanol–water partition coefficient (Wildman–Crippen LogP) is 1.54. The standard InChI is InChI=1S/C6H5ClN2OS/c7-5-4(3-10)9-1-2-11-6(9)8-5/h1-2,10H,3H2. The third kappa shape index (κ3) is 0.946. The highest BCUT2D eigenvalue weighted by molar-refractivity contribution is 7.15. The Hall–Kier alpha value is -0.580. The van der Waals surface area contributed by atoms with E-state index in [1.54, 1.807) is 4.40 Å². The molecule has 0 atom stereocenters. The summed E-state index contributed by atoms with van der Waals surface area (Å²) >= 11 is 7.22. The lowest BCUT2D eigenvalue weighted by molar-refractivity contribution is 0.276. The van der Waals surface area contributed by atoms with Crippen LogP contribution in [0.25, 0.3) is 4.96 Å². The van der Waals surface area contributed by atoms with Crippen molar-refractivity contribution < 1.29 is 5.11 Å². The number of hydrogen-bond acceptors (Lipinski definition) is 3. The second kappa shape index (κ2) is 2.48. The smallest absolute Gasteiger partial charge is 0.195 e. The molecule has 2 rings (SSSR count). The summed E-state index contributed by atoms with van der Waals surface area (Å²) < 4.78 is 1.78. The molecule has 0 amide bonds. The van der Waals surface area contributed by atoms with Crippen LogP contribution in [0, 0.1) is 0 Å². The third-order valence-electron chi connectivity index (χ3n) is 1.46. The van der Waals surface area contributed by atoms with Crippen molar-refractivity contribution in [3.8, 4) is 0 Å². The lowest BCUT2D eigenvalue weighted by Gasteiger charge is -1.90. The topological polar surface area (TPSA) is 37.5 Å². The molecule has 0 bridgehead atoms. The summed E-state index contributed by atoms with van der Waals surface area (Å²) in [7, 11) is 0. The number of aliphatic hydroxyl groups excluding tert-OH is 1. The maximum atomic E-state index is 8.88. The number of rotatable bonds is 1. The first-order valence-corrected chi connectivity index (χ1v) is 4.29. The van der Waals surface area contributed by atoms with Gasteiger partial charge < -0.3 is 5.11 Å². The van der Waals surface area contributed by atoms with E-state index in [-0.39, 0.29) is 6.61 Å². The minimum atomic E-state index is -0.0727. The van der Waals surface area contributed by atoms with Crippen molar-refractivity contribution in [1.29, 1.82) is 0 Å². The molecule has 2 heterocycles. The molecule has 0 saturated carbocycles. The number of imidazole rings is 1. The minimum absolute atomic E-state index is 0.0727. The fourth-order valence-electron chi connectivity index (χ4n) is 0.948. The first-order valence-electron chi connectivity index (χ1n) is 3.03. The van der Waals surface area contributed by atoms with Crippen LogP contribution in [0.15, 0.2) is 11.6 Å². The molecule has 5 heteroatoms. The Morgan fingerprint density at radius 1 is 1.73 bits per heavy atom. The zero-order valence-corrected chi connectivity index (χ0v) is 7.06. The SMILES string of the molecule is OCc1c(Cl)nc2sccn12. The number of hydrogen-bond donors (Lipinski definition) is 1. The summed E-state index contributed by atoms with van der Waals surface area (Å²) in [4.78, 5) is 4.85. The zero-order valence-electron chi connectivity index (χ0n) is 5.49. The van der Waals surface area contributed by atoms with Crippen molar-refractivity contribution in [3.05, 3.63) is 22.4 Å². The fraction of sp³-hybridized carbons (Fsp3) is 0.167. The van der Waals surface area contributed by atoms with Crippen LogP contribution in [0.1, 0.15) is 5.69 Å². The van der Waals surface area contributed by atoms with Crippen LogP contribution in [-0.4, -0.2) is 14.5 Å². The molecular formula is C6H5ClN2OS. The summed E-state index contributed by atoms with van der Waals surface area (Å²) in [5.74, 6) is 0. The molecule has 11 heavy (non-hydrogen) atoms. The molecule has 2 aromatic rings. The van der Waals surface area contributed by atoms with Gasteiger partial charge in [-0.15, -0.1) is 11.3 Å². The first-order chi connectivity index (χ1) is 5.33. The molecule has 0 unspecified atom stereocenters. The summed E-state index contributed by atoms with van der Waals surface area (Å²) in [5.41, 5.74) is 0.655. The molecule has 0 radical (unpaired) electrons. The van der Waals surface area contributed by atoms with Crippen molar-refractivity contribution in [2.45, 2.75) is 6.61 Å². The average Bonchev–Trinajstić information content (AvgIpc) is 2.46. The Morgan fingerprint density at radius 2 is 2.55 bits per heavy atom. The molecular weight excluding hydrogens is 184 g/mol. The predicted molar refractivity (Wildman–Crippen MR) is 44.0 cm³/mol. The van der Waals surface area contributed by atoms with Gasteiger partial charge in [-0.1, -0.05) is 11.6 Å². The maximum Gasteiger partial charge on any atom is 0.195 e. The van der Waals surface area contributed by atoms with Gasteiger partial charge in [-0.05, 0) is 0 Å². The quantitative estimate of drug-likeness (QED) is 0.737. The Labute approximate surface area is 71.9 Å². The van der Waals surface area contributed by atoms with E-state index in [1.165, 1.54) is 11.3 Å².